The summed E-state index contributed by atoms with van der Waals surface area (Å²) in [5, 5.41) is 0. The van der Waals surface area contributed by atoms with Gasteiger partial charge in [-0.05, 0) is 37.0 Å². The van der Waals surface area contributed by atoms with Crippen molar-refractivity contribution >= 4 is 0 Å². The highest BCUT2D eigenvalue weighted by molar-refractivity contribution is 5.25. The van der Waals surface area contributed by atoms with Crippen LogP contribution in [0.3, 0.4) is 0 Å². The molecule has 144 valence electrons. The predicted molar refractivity (Wildman–Crippen MR) is 97.8 cm³/mol. The molecule has 25 heavy (non-hydrogen) atoms. The Morgan fingerprint density at radius 3 is 2.00 bits per heavy atom. The van der Waals surface area contributed by atoms with E-state index in [2.05, 4.69) is 13.8 Å². The van der Waals surface area contributed by atoms with Crippen LogP contribution in [0.15, 0.2) is 24.3 Å². The monoisotopic (exact) mass is 358 g/mol. The molecule has 1 rings (SSSR count). The molecule has 0 radical (unpaired) electrons. The average molecular weight is 358 g/mol. The second kappa shape index (κ2) is 12.3. The number of hydrogen-bond donors (Lipinski definition) is 0. The summed E-state index contributed by atoms with van der Waals surface area (Å²) in [5.41, 5.74) is 0.325. The van der Waals surface area contributed by atoms with E-state index in [9.17, 15) is 13.2 Å². The third kappa shape index (κ3) is 9.88. The number of alkyl halides is 3. The van der Waals surface area contributed by atoms with Crippen molar-refractivity contribution in [3.05, 3.63) is 35.4 Å². The molecular formula is C21H33F3O. The predicted octanol–water partition coefficient (Wildman–Crippen LogP) is 7.18. The quantitative estimate of drug-likeness (QED) is 0.339. The van der Waals surface area contributed by atoms with Gasteiger partial charge in [0.2, 0.25) is 0 Å². The minimum Gasteiger partial charge on any atom is -0.378 e. The second-order valence-corrected chi connectivity index (χ2v) is 6.80. The molecule has 0 aliphatic carbocycles. The lowest BCUT2D eigenvalue weighted by molar-refractivity contribution is -0.137. The summed E-state index contributed by atoms with van der Waals surface area (Å²) < 4.78 is 43.8. The van der Waals surface area contributed by atoms with Gasteiger partial charge in [0, 0.05) is 6.61 Å². The summed E-state index contributed by atoms with van der Waals surface area (Å²) in [5.74, 6) is 0. The fourth-order valence-corrected chi connectivity index (χ4v) is 2.95. The van der Waals surface area contributed by atoms with Gasteiger partial charge in [-0.25, -0.2) is 0 Å². The molecule has 0 fully saturated rings. The third-order valence-electron chi connectivity index (χ3n) is 4.43. The number of benzene rings is 1. The summed E-state index contributed by atoms with van der Waals surface area (Å²) in [6, 6.07) is 5.49. The van der Waals surface area contributed by atoms with Crippen LogP contribution in [0.25, 0.3) is 0 Å². The Labute approximate surface area is 151 Å². The van der Waals surface area contributed by atoms with E-state index in [4.69, 9.17) is 4.74 Å². The first-order valence-electron chi connectivity index (χ1n) is 9.75. The number of hydrogen-bond acceptors (Lipinski definition) is 1. The number of halogens is 3. The van der Waals surface area contributed by atoms with Gasteiger partial charge in [0.1, 0.15) is 0 Å². The van der Waals surface area contributed by atoms with E-state index in [0.29, 0.717) is 13.0 Å². The van der Waals surface area contributed by atoms with Gasteiger partial charge in [0.05, 0.1) is 11.7 Å². The molecule has 1 aromatic rings. The van der Waals surface area contributed by atoms with E-state index in [1.807, 2.05) is 0 Å². The van der Waals surface area contributed by atoms with E-state index in [1.165, 1.54) is 50.7 Å². The van der Waals surface area contributed by atoms with E-state index >= 15 is 0 Å². The summed E-state index contributed by atoms with van der Waals surface area (Å²) in [4.78, 5) is 0. The molecule has 1 nitrogen and oxygen atoms in total. The zero-order chi connectivity index (χ0) is 18.5. The Morgan fingerprint density at radius 2 is 1.44 bits per heavy atom. The molecule has 0 aromatic heterocycles. The number of rotatable bonds is 13. The molecular weight excluding hydrogens is 325 g/mol. The van der Waals surface area contributed by atoms with Crippen LogP contribution >= 0.6 is 0 Å². The smallest absolute Gasteiger partial charge is 0.378 e. The summed E-state index contributed by atoms with van der Waals surface area (Å²) in [6.07, 6.45) is 7.26. The van der Waals surface area contributed by atoms with Crippen LogP contribution in [0.4, 0.5) is 13.2 Å². The second-order valence-electron chi connectivity index (χ2n) is 6.80. The summed E-state index contributed by atoms with van der Waals surface area (Å²) in [6.45, 7) is 5.00. The van der Waals surface area contributed by atoms with E-state index < -0.39 is 11.7 Å². The van der Waals surface area contributed by atoms with Crippen LogP contribution < -0.4 is 0 Å². The van der Waals surface area contributed by atoms with Crippen LogP contribution in [0.1, 0.15) is 82.8 Å². The SMILES string of the molecule is CCCCCCCCCC(Cc1ccc(C(F)(F)F)cc1)OCCC. The maximum Gasteiger partial charge on any atom is 0.416 e. The molecule has 0 heterocycles. The van der Waals surface area contributed by atoms with Crippen LogP contribution in [-0.4, -0.2) is 12.7 Å². The molecule has 1 unspecified atom stereocenters. The number of unbranched alkanes of at least 4 members (excludes halogenated alkanes) is 6. The van der Waals surface area contributed by atoms with E-state index in [1.54, 1.807) is 12.1 Å². The summed E-state index contributed by atoms with van der Waals surface area (Å²) >= 11 is 0. The highest BCUT2D eigenvalue weighted by Crippen LogP contribution is 2.29. The Balaban J connectivity index is 2.41. The van der Waals surface area contributed by atoms with Crippen LogP contribution in [0.5, 0.6) is 0 Å². The topological polar surface area (TPSA) is 9.23 Å². The lowest BCUT2D eigenvalue weighted by Gasteiger charge is -2.18. The number of ether oxygens (including phenoxy) is 1. The molecule has 0 saturated carbocycles. The normalized spacial score (nSPS) is 13.2. The molecule has 0 aliphatic rings. The van der Waals surface area contributed by atoms with E-state index in [-0.39, 0.29) is 6.10 Å². The molecule has 0 saturated heterocycles. The van der Waals surface area contributed by atoms with Crippen molar-refractivity contribution in [2.75, 3.05) is 6.61 Å². The summed E-state index contributed by atoms with van der Waals surface area (Å²) in [7, 11) is 0. The van der Waals surface area contributed by atoms with Gasteiger partial charge >= 0.3 is 6.18 Å². The first-order valence-corrected chi connectivity index (χ1v) is 9.75. The zero-order valence-corrected chi connectivity index (χ0v) is 15.7. The highest BCUT2D eigenvalue weighted by Gasteiger charge is 2.30. The highest BCUT2D eigenvalue weighted by atomic mass is 19.4. The van der Waals surface area contributed by atoms with Gasteiger partial charge in [-0.2, -0.15) is 13.2 Å². The van der Waals surface area contributed by atoms with Crippen molar-refractivity contribution in [2.24, 2.45) is 0 Å². The van der Waals surface area contributed by atoms with Crippen molar-refractivity contribution in [3.63, 3.8) is 0 Å². The van der Waals surface area contributed by atoms with Gasteiger partial charge < -0.3 is 4.74 Å². The minimum absolute atomic E-state index is 0.104. The lowest BCUT2D eigenvalue weighted by atomic mass is 10.0. The Morgan fingerprint density at radius 1 is 0.840 bits per heavy atom. The average Bonchev–Trinajstić information content (AvgIpc) is 2.58. The van der Waals surface area contributed by atoms with Crippen LogP contribution in [0, 0.1) is 0 Å². The van der Waals surface area contributed by atoms with Crippen molar-refractivity contribution in [3.8, 4) is 0 Å². The van der Waals surface area contributed by atoms with Crippen molar-refractivity contribution in [2.45, 2.75) is 90.3 Å². The standard InChI is InChI=1S/C21H33F3O/c1-3-5-6-7-8-9-10-11-20(25-16-4-2)17-18-12-14-19(15-13-18)21(22,23)24/h12-15,20H,3-11,16-17H2,1-2H3. The Hall–Kier alpha value is -1.03. The minimum atomic E-state index is -4.27. The molecule has 0 bridgehead atoms. The lowest BCUT2D eigenvalue weighted by Crippen LogP contribution is -2.17. The largest absolute Gasteiger partial charge is 0.416 e. The molecule has 0 amide bonds. The van der Waals surface area contributed by atoms with Crippen LogP contribution in [-0.2, 0) is 17.3 Å². The molecule has 0 N–H and O–H groups in total. The van der Waals surface area contributed by atoms with E-state index in [0.717, 1.165) is 24.8 Å². The zero-order valence-electron chi connectivity index (χ0n) is 15.7. The fraction of sp³-hybridized carbons (Fsp3) is 0.714. The molecule has 1 aromatic carbocycles. The van der Waals surface area contributed by atoms with Gasteiger partial charge in [-0.15, -0.1) is 0 Å². The van der Waals surface area contributed by atoms with Crippen LogP contribution in [0.2, 0.25) is 0 Å². The maximum atomic E-state index is 12.6. The molecule has 0 aliphatic heterocycles. The molecule has 1 atom stereocenters. The van der Waals surface area contributed by atoms with Gasteiger partial charge in [0.25, 0.3) is 0 Å². The maximum absolute atomic E-state index is 12.6. The molecule has 0 spiro atoms. The third-order valence-corrected chi connectivity index (χ3v) is 4.43. The van der Waals surface area contributed by atoms with Crippen molar-refractivity contribution < 1.29 is 17.9 Å². The molecule has 4 heteroatoms. The van der Waals surface area contributed by atoms with Gasteiger partial charge in [0.15, 0.2) is 0 Å². The van der Waals surface area contributed by atoms with Crippen molar-refractivity contribution in [1.82, 2.24) is 0 Å². The fourth-order valence-electron chi connectivity index (χ4n) is 2.95. The van der Waals surface area contributed by atoms with Gasteiger partial charge in [-0.3, -0.25) is 0 Å². The first-order chi connectivity index (χ1) is 12.0. The van der Waals surface area contributed by atoms with Crippen molar-refractivity contribution in [1.29, 1.82) is 0 Å². The van der Waals surface area contributed by atoms with Gasteiger partial charge in [-0.1, -0.05) is 70.9 Å². The Bertz CT molecular complexity index is 439. The Kier molecular flexibility index (Phi) is 10.9. The first kappa shape index (κ1) is 22.0.